The fourth-order valence-corrected chi connectivity index (χ4v) is 2.27. The summed E-state index contributed by atoms with van der Waals surface area (Å²) < 4.78 is 11.1. The molecule has 0 saturated carbocycles. The second-order valence-electron chi connectivity index (χ2n) is 5.02. The minimum Gasteiger partial charge on any atom is -0.493 e. The van der Waals surface area contributed by atoms with Crippen LogP contribution in [0.2, 0.25) is 0 Å². The summed E-state index contributed by atoms with van der Waals surface area (Å²) >= 11 is 0. The fourth-order valence-electron chi connectivity index (χ4n) is 2.27. The van der Waals surface area contributed by atoms with Gasteiger partial charge in [0.25, 0.3) is 0 Å². The molecule has 0 aliphatic heterocycles. The summed E-state index contributed by atoms with van der Waals surface area (Å²) in [6.07, 6.45) is 2.06. The van der Waals surface area contributed by atoms with Gasteiger partial charge < -0.3 is 14.8 Å². The van der Waals surface area contributed by atoms with Crippen LogP contribution in [0, 0.1) is 5.92 Å². The molecule has 19 heavy (non-hydrogen) atoms. The van der Waals surface area contributed by atoms with Gasteiger partial charge >= 0.3 is 0 Å². The van der Waals surface area contributed by atoms with Crippen molar-refractivity contribution in [2.24, 2.45) is 5.92 Å². The summed E-state index contributed by atoms with van der Waals surface area (Å²) in [6.45, 7) is 5.89. The zero-order valence-electron chi connectivity index (χ0n) is 12.6. The molecule has 1 N–H and O–H groups in total. The lowest BCUT2D eigenvalue weighted by molar-refractivity contribution is 0.149. The average Bonchev–Trinajstić information content (AvgIpc) is 2.43. The van der Waals surface area contributed by atoms with E-state index in [9.17, 15) is 0 Å². The van der Waals surface area contributed by atoms with Crippen LogP contribution in [0.1, 0.15) is 38.3 Å². The Kier molecular flexibility index (Phi) is 7.53. The molecular weight excluding hydrogens is 238 g/mol. The lowest BCUT2D eigenvalue weighted by atomic mass is 9.96. The number of rotatable bonds is 9. The number of ether oxygens (including phenoxy) is 2. The Labute approximate surface area is 117 Å². The van der Waals surface area contributed by atoms with E-state index in [1.165, 1.54) is 5.56 Å². The Balaban J connectivity index is 2.78. The summed E-state index contributed by atoms with van der Waals surface area (Å²) in [5.74, 6) is 1.51. The van der Waals surface area contributed by atoms with Crippen LogP contribution in [0.4, 0.5) is 0 Å². The van der Waals surface area contributed by atoms with Crippen molar-refractivity contribution >= 4 is 0 Å². The van der Waals surface area contributed by atoms with Crippen LogP contribution in [0.3, 0.4) is 0 Å². The van der Waals surface area contributed by atoms with Gasteiger partial charge in [0.2, 0.25) is 0 Å². The van der Waals surface area contributed by atoms with Crippen LogP contribution in [0.25, 0.3) is 0 Å². The maximum absolute atomic E-state index is 5.84. The summed E-state index contributed by atoms with van der Waals surface area (Å²) in [4.78, 5) is 0. The smallest absolute Gasteiger partial charge is 0.124 e. The normalized spacial score (nSPS) is 14.1. The Hall–Kier alpha value is -1.06. The van der Waals surface area contributed by atoms with Gasteiger partial charge in [-0.1, -0.05) is 32.0 Å². The van der Waals surface area contributed by atoms with Gasteiger partial charge in [0, 0.05) is 25.3 Å². The van der Waals surface area contributed by atoms with E-state index < -0.39 is 0 Å². The number of methoxy groups -OCH3 is 1. The molecule has 0 aliphatic rings. The van der Waals surface area contributed by atoms with Crippen molar-refractivity contribution < 1.29 is 9.47 Å². The van der Waals surface area contributed by atoms with E-state index in [-0.39, 0.29) is 0 Å². The topological polar surface area (TPSA) is 30.5 Å². The van der Waals surface area contributed by atoms with Gasteiger partial charge in [0.15, 0.2) is 0 Å². The van der Waals surface area contributed by atoms with E-state index in [0.29, 0.717) is 12.0 Å². The van der Waals surface area contributed by atoms with E-state index in [2.05, 4.69) is 37.4 Å². The standard InChI is InChI=1S/C16H27NO2/c1-5-10-19-16-9-7-6-8-14(16)15(17-3)11-13(2)12-18-4/h6-9,13,15,17H,5,10-12H2,1-4H3. The molecule has 0 aromatic heterocycles. The number of hydrogen-bond donors (Lipinski definition) is 1. The molecular formula is C16H27NO2. The van der Waals surface area contributed by atoms with Crippen LogP contribution < -0.4 is 10.1 Å². The first-order valence-electron chi connectivity index (χ1n) is 7.10. The van der Waals surface area contributed by atoms with E-state index >= 15 is 0 Å². The summed E-state index contributed by atoms with van der Waals surface area (Å²) in [5.41, 5.74) is 1.24. The van der Waals surface area contributed by atoms with E-state index in [4.69, 9.17) is 9.47 Å². The van der Waals surface area contributed by atoms with Crippen LogP contribution in [0.5, 0.6) is 5.75 Å². The van der Waals surface area contributed by atoms with Crippen LogP contribution in [0.15, 0.2) is 24.3 Å². The molecule has 2 unspecified atom stereocenters. The predicted molar refractivity (Wildman–Crippen MR) is 79.7 cm³/mol. The first kappa shape index (κ1) is 16.0. The highest BCUT2D eigenvalue weighted by atomic mass is 16.5. The molecule has 0 saturated heterocycles. The molecule has 2 atom stereocenters. The minimum absolute atomic E-state index is 0.304. The molecule has 0 fully saturated rings. The number of hydrogen-bond acceptors (Lipinski definition) is 3. The van der Waals surface area contributed by atoms with E-state index in [0.717, 1.165) is 31.8 Å². The lowest BCUT2D eigenvalue weighted by Crippen LogP contribution is -2.21. The van der Waals surface area contributed by atoms with Gasteiger partial charge in [0.1, 0.15) is 5.75 Å². The average molecular weight is 265 g/mol. The second-order valence-corrected chi connectivity index (χ2v) is 5.02. The molecule has 1 aromatic rings. The zero-order valence-corrected chi connectivity index (χ0v) is 12.6. The Morgan fingerprint density at radius 2 is 2.00 bits per heavy atom. The number of benzene rings is 1. The quantitative estimate of drug-likeness (QED) is 0.742. The molecule has 0 bridgehead atoms. The van der Waals surface area contributed by atoms with Crippen LogP contribution in [-0.4, -0.2) is 27.4 Å². The second kappa shape index (κ2) is 8.94. The monoisotopic (exact) mass is 265 g/mol. The third kappa shape index (κ3) is 5.21. The maximum atomic E-state index is 5.84. The molecule has 0 amide bonds. The SMILES string of the molecule is CCCOc1ccccc1C(CC(C)COC)NC. The zero-order chi connectivity index (χ0) is 14.1. The van der Waals surface area contributed by atoms with Crippen LogP contribution in [-0.2, 0) is 4.74 Å². The largest absolute Gasteiger partial charge is 0.493 e. The number of nitrogens with one attached hydrogen (secondary N) is 1. The summed E-state index contributed by atoms with van der Waals surface area (Å²) in [5, 5.41) is 3.39. The van der Waals surface area contributed by atoms with Crippen molar-refractivity contribution in [2.75, 3.05) is 27.4 Å². The first-order valence-corrected chi connectivity index (χ1v) is 7.10. The van der Waals surface area contributed by atoms with Gasteiger partial charge in [-0.25, -0.2) is 0 Å². The van der Waals surface area contributed by atoms with Crippen molar-refractivity contribution in [3.05, 3.63) is 29.8 Å². The highest BCUT2D eigenvalue weighted by Crippen LogP contribution is 2.29. The van der Waals surface area contributed by atoms with Gasteiger partial charge in [-0.15, -0.1) is 0 Å². The third-order valence-electron chi connectivity index (χ3n) is 3.19. The molecule has 0 spiro atoms. The van der Waals surface area contributed by atoms with Crippen molar-refractivity contribution in [3.8, 4) is 5.75 Å². The maximum Gasteiger partial charge on any atom is 0.124 e. The van der Waals surface area contributed by atoms with Gasteiger partial charge in [-0.05, 0) is 31.9 Å². The Morgan fingerprint density at radius 3 is 2.63 bits per heavy atom. The van der Waals surface area contributed by atoms with Crippen molar-refractivity contribution in [1.82, 2.24) is 5.32 Å². The Morgan fingerprint density at radius 1 is 1.26 bits per heavy atom. The highest BCUT2D eigenvalue weighted by molar-refractivity contribution is 5.36. The molecule has 3 nitrogen and oxygen atoms in total. The van der Waals surface area contributed by atoms with Gasteiger partial charge in [-0.2, -0.15) is 0 Å². The van der Waals surface area contributed by atoms with Crippen molar-refractivity contribution in [1.29, 1.82) is 0 Å². The summed E-state index contributed by atoms with van der Waals surface area (Å²) in [6, 6.07) is 8.60. The Bertz CT molecular complexity index is 354. The first-order chi connectivity index (χ1) is 9.22. The number of para-hydroxylation sites is 1. The molecule has 1 rings (SSSR count). The highest BCUT2D eigenvalue weighted by Gasteiger charge is 2.17. The van der Waals surface area contributed by atoms with Crippen molar-refractivity contribution in [2.45, 2.75) is 32.7 Å². The van der Waals surface area contributed by atoms with Crippen LogP contribution >= 0.6 is 0 Å². The molecule has 1 aromatic carbocycles. The fraction of sp³-hybridized carbons (Fsp3) is 0.625. The van der Waals surface area contributed by atoms with Crippen molar-refractivity contribution in [3.63, 3.8) is 0 Å². The van der Waals surface area contributed by atoms with E-state index in [1.54, 1.807) is 7.11 Å². The summed E-state index contributed by atoms with van der Waals surface area (Å²) in [7, 11) is 3.75. The molecule has 0 radical (unpaired) electrons. The molecule has 0 heterocycles. The predicted octanol–water partition coefficient (Wildman–Crippen LogP) is 3.41. The molecule has 108 valence electrons. The molecule has 3 heteroatoms. The third-order valence-corrected chi connectivity index (χ3v) is 3.19. The van der Waals surface area contributed by atoms with E-state index in [1.807, 2.05) is 13.1 Å². The minimum atomic E-state index is 0.304. The lowest BCUT2D eigenvalue weighted by Gasteiger charge is -2.23. The van der Waals surface area contributed by atoms with Gasteiger partial charge in [-0.3, -0.25) is 0 Å². The molecule has 0 aliphatic carbocycles. The van der Waals surface area contributed by atoms with Gasteiger partial charge in [0.05, 0.1) is 6.61 Å².